The maximum atomic E-state index is 12.2. The van der Waals surface area contributed by atoms with Crippen LogP contribution in [0.1, 0.15) is 6.23 Å². The van der Waals surface area contributed by atoms with Crippen LogP contribution in [0.4, 0.5) is 5.82 Å². The summed E-state index contributed by atoms with van der Waals surface area (Å²) in [5, 5.41) is 49.2. The summed E-state index contributed by atoms with van der Waals surface area (Å²) in [6.07, 6.45) is -9.17. The highest BCUT2D eigenvalue weighted by atomic mass is 31.2. The van der Waals surface area contributed by atoms with Gasteiger partial charge >= 0.3 is 7.82 Å². The minimum absolute atomic E-state index is 0.102. The Bertz CT molecular complexity index is 1010. The highest BCUT2D eigenvalue weighted by Crippen LogP contribution is 2.47. The van der Waals surface area contributed by atoms with Gasteiger partial charge in [-0.1, -0.05) is 0 Å². The van der Waals surface area contributed by atoms with Gasteiger partial charge in [-0.3, -0.25) is 13.6 Å². The van der Waals surface area contributed by atoms with Crippen LogP contribution < -0.4 is 5.73 Å². The summed E-state index contributed by atoms with van der Waals surface area (Å²) in [7, 11) is -4.87. The van der Waals surface area contributed by atoms with Gasteiger partial charge in [0, 0.05) is 0 Å². The molecule has 0 aliphatic carbocycles. The van der Waals surface area contributed by atoms with E-state index in [0.29, 0.717) is 0 Å². The van der Waals surface area contributed by atoms with E-state index in [1.807, 2.05) is 0 Å². The van der Waals surface area contributed by atoms with Crippen LogP contribution in [0.2, 0.25) is 0 Å². The number of nitrogens with zero attached hydrogens (tertiary/aromatic N) is 4. The summed E-state index contributed by atoms with van der Waals surface area (Å²) < 4.78 is 33.6. The molecule has 178 valence electrons. The molecule has 16 nitrogen and oxygen atoms in total. The van der Waals surface area contributed by atoms with Crippen molar-refractivity contribution >= 4 is 24.8 Å². The molecule has 2 saturated heterocycles. The number of nitrogens with two attached hydrogens (primary N) is 1. The quantitative estimate of drug-likeness (QED) is 0.191. The summed E-state index contributed by atoms with van der Waals surface area (Å²) in [5.41, 5.74) is 6.21. The summed E-state index contributed by atoms with van der Waals surface area (Å²) in [6.45, 7) is -1.35. The minimum Gasteiger partial charge on any atom is -0.394 e. The van der Waals surface area contributed by atoms with Gasteiger partial charge in [-0.05, 0) is 0 Å². The standard InChI is InChI=1S/C15H22N5O11P/c16-12-7-13(18-3-17-12)20(4-19-7)14-10(24)9(23)6(29-14)2-28-32(26,27)31-15-11(25)8(22)5(1-21)30-15/h3-6,8-11,14-15,21-25H,1-2H2,(H,26,27)(H2,16,17,18)/t5-,6-,8-,9-,10-,11+,14-,15?/m1/s1. The van der Waals surface area contributed by atoms with E-state index in [1.54, 1.807) is 0 Å². The molecule has 2 aliphatic rings. The van der Waals surface area contributed by atoms with E-state index in [0.717, 1.165) is 0 Å². The smallest absolute Gasteiger partial charge is 0.394 e. The molecule has 8 N–H and O–H groups in total. The second kappa shape index (κ2) is 8.85. The van der Waals surface area contributed by atoms with Crippen molar-refractivity contribution in [1.29, 1.82) is 0 Å². The van der Waals surface area contributed by atoms with Gasteiger partial charge in [-0.25, -0.2) is 19.5 Å². The lowest BCUT2D eigenvalue weighted by Gasteiger charge is -2.21. The van der Waals surface area contributed by atoms with Gasteiger partial charge in [-0.15, -0.1) is 0 Å². The number of imidazole rings is 1. The van der Waals surface area contributed by atoms with E-state index in [2.05, 4.69) is 15.0 Å². The third kappa shape index (κ3) is 4.23. The zero-order valence-electron chi connectivity index (χ0n) is 16.2. The first-order valence-electron chi connectivity index (χ1n) is 9.35. The Labute approximate surface area is 179 Å². The molecule has 0 aromatic carbocycles. The van der Waals surface area contributed by atoms with Crippen molar-refractivity contribution in [2.45, 2.75) is 49.1 Å². The molecule has 4 rings (SSSR count). The molecule has 2 aliphatic heterocycles. The van der Waals surface area contributed by atoms with E-state index < -0.39 is 70.2 Å². The van der Waals surface area contributed by atoms with Gasteiger partial charge in [0.15, 0.2) is 24.0 Å². The van der Waals surface area contributed by atoms with Gasteiger partial charge < -0.3 is 45.6 Å². The Morgan fingerprint density at radius 1 is 1.06 bits per heavy atom. The molecule has 0 bridgehead atoms. The van der Waals surface area contributed by atoms with Gasteiger partial charge in [0.05, 0.1) is 19.5 Å². The van der Waals surface area contributed by atoms with Crippen molar-refractivity contribution < 1.29 is 53.5 Å². The Morgan fingerprint density at radius 2 is 1.78 bits per heavy atom. The zero-order chi connectivity index (χ0) is 23.2. The summed E-state index contributed by atoms with van der Waals surface area (Å²) in [6, 6.07) is 0. The first-order chi connectivity index (χ1) is 15.1. The summed E-state index contributed by atoms with van der Waals surface area (Å²) in [5.74, 6) is 0.102. The lowest BCUT2D eigenvalue weighted by atomic mass is 10.1. The normalized spacial score (nSPS) is 37.2. The van der Waals surface area contributed by atoms with Crippen molar-refractivity contribution in [1.82, 2.24) is 19.5 Å². The number of aliphatic hydroxyl groups excluding tert-OH is 5. The lowest BCUT2D eigenvalue weighted by molar-refractivity contribution is -0.131. The molecule has 2 aromatic rings. The van der Waals surface area contributed by atoms with E-state index >= 15 is 0 Å². The average molecular weight is 479 g/mol. The molecule has 17 heteroatoms. The molecule has 2 fully saturated rings. The number of phosphoric ester groups is 1. The van der Waals surface area contributed by atoms with Crippen LogP contribution in [0.3, 0.4) is 0 Å². The number of ether oxygens (including phenoxy) is 2. The Balaban J connectivity index is 1.40. The largest absolute Gasteiger partial charge is 0.474 e. The Kier molecular flexibility index (Phi) is 6.45. The molecule has 2 aromatic heterocycles. The van der Waals surface area contributed by atoms with Crippen LogP contribution in [-0.4, -0.2) is 106 Å². The number of anilines is 1. The third-order valence-electron chi connectivity index (χ3n) is 5.14. The molecule has 0 amide bonds. The van der Waals surface area contributed by atoms with Crippen molar-refractivity contribution in [3.8, 4) is 0 Å². The van der Waals surface area contributed by atoms with Gasteiger partial charge in [0.25, 0.3) is 0 Å². The predicted molar refractivity (Wildman–Crippen MR) is 100 cm³/mol. The second-order valence-electron chi connectivity index (χ2n) is 7.21. The maximum absolute atomic E-state index is 12.2. The SMILES string of the molecule is Nc1ncnc2c1ncn2[C@@H]1O[C@H](COP(=O)(O)OC2O[C@H](CO)[C@@H](O)[C@@H]2O)[C@@H](O)[C@H]1O. The van der Waals surface area contributed by atoms with Crippen LogP contribution >= 0.6 is 7.82 Å². The number of nitrogen functional groups attached to an aromatic ring is 1. The fourth-order valence-corrected chi connectivity index (χ4v) is 4.27. The van der Waals surface area contributed by atoms with Crippen molar-refractivity contribution in [3.05, 3.63) is 12.7 Å². The maximum Gasteiger partial charge on any atom is 0.474 e. The number of fused-ring (bicyclic) bond motifs is 1. The molecule has 0 radical (unpaired) electrons. The first-order valence-corrected chi connectivity index (χ1v) is 10.8. The van der Waals surface area contributed by atoms with Crippen molar-refractivity contribution in [3.63, 3.8) is 0 Å². The monoisotopic (exact) mass is 479 g/mol. The van der Waals surface area contributed by atoms with Gasteiger partial charge in [0.2, 0.25) is 0 Å². The molecular formula is C15H22N5O11P. The molecule has 32 heavy (non-hydrogen) atoms. The number of phosphoric acid groups is 1. The van der Waals surface area contributed by atoms with Crippen LogP contribution in [0.5, 0.6) is 0 Å². The van der Waals surface area contributed by atoms with E-state index in [9.17, 15) is 29.9 Å². The molecule has 0 spiro atoms. The molecule has 9 atom stereocenters. The van der Waals surface area contributed by atoms with Crippen molar-refractivity contribution in [2.75, 3.05) is 18.9 Å². The van der Waals surface area contributed by atoms with E-state index in [1.165, 1.54) is 17.2 Å². The van der Waals surface area contributed by atoms with Gasteiger partial charge in [0.1, 0.15) is 48.5 Å². The number of rotatable bonds is 7. The number of hydrogen-bond donors (Lipinski definition) is 7. The third-order valence-corrected chi connectivity index (χ3v) is 6.09. The highest BCUT2D eigenvalue weighted by molar-refractivity contribution is 7.47. The zero-order valence-corrected chi connectivity index (χ0v) is 17.1. The predicted octanol–water partition coefficient (Wildman–Crippen LogP) is -3.40. The van der Waals surface area contributed by atoms with Crippen LogP contribution in [-0.2, 0) is 23.1 Å². The fraction of sp³-hybridized carbons (Fsp3) is 0.667. The Morgan fingerprint density at radius 3 is 2.47 bits per heavy atom. The number of aromatic nitrogens is 4. The first kappa shape index (κ1) is 23.3. The van der Waals surface area contributed by atoms with Gasteiger partial charge in [-0.2, -0.15) is 0 Å². The molecule has 2 unspecified atom stereocenters. The molecule has 0 saturated carbocycles. The summed E-state index contributed by atoms with van der Waals surface area (Å²) in [4.78, 5) is 21.8. The second-order valence-corrected chi connectivity index (χ2v) is 8.61. The minimum atomic E-state index is -4.87. The van der Waals surface area contributed by atoms with E-state index in [4.69, 9.17) is 29.4 Å². The molecule has 4 heterocycles. The number of hydrogen-bond acceptors (Lipinski definition) is 14. The molecular weight excluding hydrogens is 457 g/mol. The number of aliphatic hydroxyl groups is 5. The fourth-order valence-electron chi connectivity index (χ4n) is 3.43. The average Bonchev–Trinajstić information content (AvgIpc) is 3.38. The summed E-state index contributed by atoms with van der Waals surface area (Å²) >= 11 is 0. The Hall–Kier alpha value is -1.82. The van der Waals surface area contributed by atoms with Crippen molar-refractivity contribution in [2.24, 2.45) is 0 Å². The van der Waals surface area contributed by atoms with E-state index in [-0.39, 0.29) is 17.0 Å². The highest BCUT2D eigenvalue weighted by Gasteiger charge is 2.48. The topological polar surface area (TPSA) is 245 Å². The van der Waals surface area contributed by atoms with Crippen LogP contribution in [0.25, 0.3) is 11.2 Å². The van der Waals surface area contributed by atoms with Crippen LogP contribution in [0, 0.1) is 0 Å². The van der Waals surface area contributed by atoms with Crippen LogP contribution in [0.15, 0.2) is 12.7 Å². The lowest BCUT2D eigenvalue weighted by Crippen LogP contribution is -2.35.